The number of rotatable bonds is 7. The maximum absolute atomic E-state index is 13.1. The van der Waals surface area contributed by atoms with E-state index >= 15 is 0 Å². The number of hydrogen-bond donors (Lipinski definition) is 1. The minimum absolute atomic E-state index is 0.145. The topological polar surface area (TPSA) is 118 Å². The molecule has 2 aliphatic rings. The predicted octanol–water partition coefficient (Wildman–Crippen LogP) is 2.76. The van der Waals surface area contributed by atoms with E-state index in [0.29, 0.717) is 55.8 Å². The number of nitrogens with one attached hydrogen (secondary N) is 1. The van der Waals surface area contributed by atoms with Crippen LogP contribution in [0.3, 0.4) is 0 Å². The van der Waals surface area contributed by atoms with Crippen LogP contribution in [0.25, 0.3) is 0 Å². The molecule has 1 atom stereocenters. The van der Waals surface area contributed by atoms with Gasteiger partial charge in [-0.1, -0.05) is 12.1 Å². The van der Waals surface area contributed by atoms with Gasteiger partial charge >= 0.3 is 0 Å². The van der Waals surface area contributed by atoms with E-state index in [9.17, 15) is 13.2 Å². The standard InChI is InChI=1S/C22H23N3O5S/c23-13-15-1-8-20(24-14-15)25-22(26)21(30-17-9-11-29-12-10-17)16-2-4-18(5-3-16)31(27,28)19-6-7-19/h1-5,8,14,17,19,21H,6-7,9-12H2,(H,24,25,26). The highest BCUT2D eigenvalue weighted by Gasteiger charge is 2.37. The Morgan fingerprint density at radius 2 is 1.84 bits per heavy atom. The lowest BCUT2D eigenvalue weighted by atomic mass is 10.1. The van der Waals surface area contributed by atoms with Gasteiger partial charge in [-0.15, -0.1) is 0 Å². The maximum atomic E-state index is 13.1. The second-order valence-electron chi connectivity index (χ2n) is 7.67. The molecule has 8 nitrogen and oxygen atoms in total. The summed E-state index contributed by atoms with van der Waals surface area (Å²) in [5.74, 6) is -0.112. The molecule has 2 fully saturated rings. The predicted molar refractivity (Wildman–Crippen MR) is 112 cm³/mol. The summed E-state index contributed by atoms with van der Waals surface area (Å²) in [5.41, 5.74) is 0.952. The molecular weight excluding hydrogens is 418 g/mol. The fourth-order valence-corrected chi connectivity index (χ4v) is 5.08. The number of ether oxygens (including phenoxy) is 2. The van der Waals surface area contributed by atoms with Gasteiger partial charge in [-0.05, 0) is 55.5 Å². The number of amides is 1. The molecule has 1 aromatic heterocycles. The molecule has 9 heteroatoms. The number of aromatic nitrogens is 1. The van der Waals surface area contributed by atoms with Gasteiger partial charge in [-0.25, -0.2) is 13.4 Å². The molecule has 31 heavy (non-hydrogen) atoms. The Kier molecular flexibility index (Phi) is 6.32. The van der Waals surface area contributed by atoms with Crippen molar-refractivity contribution in [3.05, 3.63) is 53.7 Å². The molecule has 2 aromatic rings. The lowest BCUT2D eigenvalue weighted by Crippen LogP contribution is -2.31. The van der Waals surface area contributed by atoms with E-state index < -0.39 is 21.8 Å². The molecule has 1 aliphatic carbocycles. The van der Waals surface area contributed by atoms with Crippen molar-refractivity contribution in [1.29, 1.82) is 5.26 Å². The molecule has 1 aromatic carbocycles. The maximum Gasteiger partial charge on any atom is 0.259 e. The van der Waals surface area contributed by atoms with Crippen molar-refractivity contribution in [2.45, 2.75) is 48.0 Å². The molecule has 0 spiro atoms. The fourth-order valence-electron chi connectivity index (χ4n) is 3.43. The summed E-state index contributed by atoms with van der Waals surface area (Å²) in [5, 5.41) is 11.3. The summed E-state index contributed by atoms with van der Waals surface area (Å²) in [4.78, 5) is 17.4. The lowest BCUT2D eigenvalue weighted by molar-refractivity contribution is -0.136. The Morgan fingerprint density at radius 3 is 2.42 bits per heavy atom. The van der Waals surface area contributed by atoms with Gasteiger partial charge in [0.05, 0.1) is 21.8 Å². The van der Waals surface area contributed by atoms with E-state index in [1.807, 2.05) is 6.07 Å². The van der Waals surface area contributed by atoms with Gasteiger partial charge in [0.15, 0.2) is 15.9 Å². The van der Waals surface area contributed by atoms with Crippen LogP contribution >= 0.6 is 0 Å². The Labute approximate surface area is 181 Å². The van der Waals surface area contributed by atoms with Crippen molar-refractivity contribution in [2.24, 2.45) is 0 Å². The number of carbonyl (C=O) groups excluding carboxylic acids is 1. The van der Waals surface area contributed by atoms with Crippen LogP contribution in [0.15, 0.2) is 47.5 Å². The van der Waals surface area contributed by atoms with Crippen LogP contribution in [0.2, 0.25) is 0 Å². The minimum Gasteiger partial charge on any atom is -0.381 e. The number of hydrogen-bond acceptors (Lipinski definition) is 7. The zero-order valence-electron chi connectivity index (χ0n) is 16.9. The summed E-state index contributed by atoms with van der Waals surface area (Å²) >= 11 is 0. The first-order chi connectivity index (χ1) is 15.0. The van der Waals surface area contributed by atoms with Gasteiger partial charge in [-0.3, -0.25) is 4.79 Å². The van der Waals surface area contributed by atoms with E-state index in [0.717, 1.165) is 0 Å². The van der Waals surface area contributed by atoms with Crippen LogP contribution < -0.4 is 5.32 Å². The summed E-state index contributed by atoms with van der Waals surface area (Å²) in [6, 6.07) is 11.4. The molecule has 162 valence electrons. The highest BCUT2D eigenvalue weighted by atomic mass is 32.2. The van der Waals surface area contributed by atoms with Gasteiger partial charge in [0.25, 0.3) is 5.91 Å². The second kappa shape index (κ2) is 9.14. The normalized spacial score (nSPS) is 18.2. The summed E-state index contributed by atoms with van der Waals surface area (Å²) in [7, 11) is -3.31. The SMILES string of the molecule is N#Cc1ccc(NC(=O)C(OC2CCOCC2)c2ccc(S(=O)(=O)C3CC3)cc2)nc1. The number of anilines is 1. The molecule has 0 bridgehead atoms. The van der Waals surface area contributed by atoms with Crippen molar-refractivity contribution < 1.29 is 22.7 Å². The molecular formula is C22H23N3O5S. The molecule has 1 saturated carbocycles. The van der Waals surface area contributed by atoms with Crippen LogP contribution in [0.5, 0.6) is 0 Å². The largest absolute Gasteiger partial charge is 0.381 e. The third kappa shape index (κ3) is 5.10. The average Bonchev–Trinajstić information content (AvgIpc) is 3.65. The Hall–Kier alpha value is -2.80. The van der Waals surface area contributed by atoms with Crippen molar-refractivity contribution in [1.82, 2.24) is 4.98 Å². The summed E-state index contributed by atoms with van der Waals surface area (Å²) in [6.07, 6.45) is 3.03. The minimum atomic E-state index is -3.31. The number of nitriles is 1. The van der Waals surface area contributed by atoms with Crippen molar-refractivity contribution >= 4 is 21.6 Å². The first-order valence-electron chi connectivity index (χ1n) is 10.2. The van der Waals surface area contributed by atoms with Crippen LogP contribution in [-0.4, -0.2) is 43.9 Å². The molecule has 2 heterocycles. The van der Waals surface area contributed by atoms with Gasteiger partial charge in [0.1, 0.15) is 11.9 Å². The zero-order chi connectivity index (χ0) is 21.8. The highest BCUT2D eigenvalue weighted by Crippen LogP contribution is 2.34. The average molecular weight is 442 g/mol. The second-order valence-corrected chi connectivity index (χ2v) is 9.90. The fraction of sp³-hybridized carbons (Fsp3) is 0.409. The van der Waals surface area contributed by atoms with Crippen LogP contribution in [0.4, 0.5) is 5.82 Å². The van der Waals surface area contributed by atoms with Gasteiger partial charge in [0, 0.05) is 19.4 Å². The third-order valence-corrected chi connectivity index (χ3v) is 7.63. The van der Waals surface area contributed by atoms with Crippen LogP contribution in [-0.2, 0) is 24.1 Å². The number of nitrogens with zero attached hydrogens (tertiary/aromatic N) is 2. The van der Waals surface area contributed by atoms with Crippen LogP contribution in [0.1, 0.15) is 42.9 Å². The number of sulfone groups is 1. The van der Waals surface area contributed by atoms with Gasteiger partial charge in [-0.2, -0.15) is 5.26 Å². The van der Waals surface area contributed by atoms with E-state index in [1.54, 1.807) is 24.3 Å². The number of benzene rings is 1. The van der Waals surface area contributed by atoms with Crippen molar-refractivity contribution in [2.75, 3.05) is 18.5 Å². The van der Waals surface area contributed by atoms with E-state index in [4.69, 9.17) is 14.7 Å². The monoisotopic (exact) mass is 441 g/mol. The number of carbonyl (C=O) groups is 1. The smallest absolute Gasteiger partial charge is 0.259 e. The molecule has 4 rings (SSSR count). The molecule has 1 unspecified atom stereocenters. The van der Waals surface area contributed by atoms with Gasteiger partial charge < -0.3 is 14.8 Å². The van der Waals surface area contributed by atoms with Crippen LogP contribution in [0, 0.1) is 11.3 Å². The highest BCUT2D eigenvalue weighted by molar-refractivity contribution is 7.92. The molecule has 1 aliphatic heterocycles. The third-order valence-electron chi connectivity index (χ3n) is 5.35. The Balaban J connectivity index is 1.55. The molecule has 1 amide bonds. The first-order valence-corrected chi connectivity index (χ1v) is 11.8. The van der Waals surface area contributed by atoms with E-state index in [-0.39, 0.29) is 16.2 Å². The van der Waals surface area contributed by atoms with E-state index in [1.165, 1.54) is 18.3 Å². The summed E-state index contributed by atoms with van der Waals surface area (Å²) < 4.78 is 36.4. The lowest BCUT2D eigenvalue weighted by Gasteiger charge is -2.27. The molecule has 0 radical (unpaired) electrons. The first kappa shape index (κ1) is 21.4. The summed E-state index contributed by atoms with van der Waals surface area (Å²) in [6.45, 7) is 1.13. The molecule has 1 saturated heterocycles. The quantitative estimate of drug-likeness (QED) is 0.702. The number of pyridine rings is 1. The van der Waals surface area contributed by atoms with Crippen molar-refractivity contribution in [3.8, 4) is 6.07 Å². The Morgan fingerprint density at radius 1 is 1.13 bits per heavy atom. The molecule has 1 N–H and O–H groups in total. The van der Waals surface area contributed by atoms with E-state index in [2.05, 4.69) is 10.3 Å². The Bertz CT molecular complexity index is 1070. The zero-order valence-corrected chi connectivity index (χ0v) is 17.7. The van der Waals surface area contributed by atoms with Gasteiger partial charge in [0.2, 0.25) is 0 Å². The van der Waals surface area contributed by atoms with Crippen molar-refractivity contribution in [3.63, 3.8) is 0 Å².